The molecule has 128 valence electrons. The second-order valence-electron chi connectivity index (χ2n) is 6.99. The van der Waals surface area contributed by atoms with E-state index in [0.717, 1.165) is 18.8 Å². The van der Waals surface area contributed by atoms with Crippen molar-refractivity contribution in [3.63, 3.8) is 0 Å². The third kappa shape index (κ3) is 3.86. The Bertz CT molecular complexity index is 699. The van der Waals surface area contributed by atoms with Crippen LogP contribution in [0, 0.1) is 17.7 Å². The Hall–Kier alpha value is -2.10. The van der Waals surface area contributed by atoms with Crippen LogP contribution >= 0.6 is 0 Å². The Morgan fingerprint density at radius 2 is 1.88 bits per heavy atom. The zero-order valence-corrected chi connectivity index (χ0v) is 14.3. The molecular weight excluding hydrogens is 305 g/mol. The molecule has 3 nitrogen and oxygen atoms in total. The van der Waals surface area contributed by atoms with Crippen molar-refractivity contribution in [2.45, 2.75) is 33.1 Å². The molecule has 2 atom stereocenters. The molecule has 1 aliphatic heterocycles. The van der Waals surface area contributed by atoms with E-state index < -0.39 is 0 Å². The van der Waals surface area contributed by atoms with Gasteiger partial charge in [0.1, 0.15) is 17.3 Å². The van der Waals surface area contributed by atoms with Crippen molar-refractivity contribution in [3.8, 4) is 11.3 Å². The van der Waals surface area contributed by atoms with E-state index in [2.05, 4.69) is 13.8 Å². The monoisotopic (exact) mass is 329 g/mol. The van der Waals surface area contributed by atoms with Gasteiger partial charge in [-0.15, -0.1) is 0 Å². The third-order valence-electron chi connectivity index (χ3n) is 4.61. The molecule has 0 saturated carbocycles. The number of aryl methyl sites for hydroxylation is 1. The molecular formula is C20H24FNO2. The number of likely N-dealkylation sites (tertiary alicyclic amines) is 1. The highest BCUT2D eigenvalue weighted by Crippen LogP contribution is 2.26. The minimum atomic E-state index is -0.300. The van der Waals surface area contributed by atoms with Crippen LogP contribution in [0.5, 0.6) is 0 Å². The maximum atomic E-state index is 13.8. The number of piperidine rings is 1. The molecule has 0 aliphatic carbocycles. The van der Waals surface area contributed by atoms with E-state index in [1.54, 1.807) is 24.3 Å². The smallest absolute Gasteiger partial charge is 0.223 e. The predicted molar refractivity (Wildman–Crippen MR) is 91.9 cm³/mol. The zero-order valence-electron chi connectivity index (χ0n) is 14.3. The quantitative estimate of drug-likeness (QED) is 0.826. The van der Waals surface area contributed by atoms with Crippen LogP contribution in [0.4, 0.5) is 4.39 Å². The molecule has 4 heteroatoms. The maximum Gasteiger partial charge on any atom is 0.223 e. The van der Waals surface area contributed by atoms with Gasteiger partial charge in [0.2, 0.25) is 5.91 Å². The zero-order chi connectivity index (χ0) is 17.1. The minimum absolute atomic E-state index is 0.178. The van der Waals surface area contributed by atoms with Crippen LogP contribution in [0.1, 0.15) is 32.4 Å². The molecule has 0 N–H and O–H groups in total. The fourth-order valence-electron chi connectivity index (χ4n) is 3.57. The van der Waals surface area contributed by atoms with Crippen molar-refractivity contribution >= 4 is 5.91 Å². The van der Waals surface area contributed by atoms with Gasteiger partial charge in [0.05, 0.1) is 5.56 Å². The lowest BCUT2D eigenvalue weighted by atomic mass is 9.91. The fraction of sp³-hybridized carbons (Fsp3) is 0.450. The number of amides is 1. The number of carbonyl (C=O) groups is 1. The minimum Gasteiger partial charge on any atom is -0.461 e. The topological polar surface area (TPSA) is 33.5 Å². The van der Waals surface area contributed by atoms with Gasteiger partial charge in [-0.1, -0.05) is 26.0 Å². The second-order valence-corrected chi connectivity index (χ2v) is 6.99. The molecule has 1 saturated heterocycles. The van der Waals surface area contributed by atoms with Crippen LogP contribution in [0.15, 0.2) is 40.8 Å². The summed E-state index contributed by atoms with van der Waals surface area (Å²) in [7, 11) is 0. The van der Waals surface area contributed by atoms with E-state index in [4.69, 9.17) is 4.42 Å². The van der Waals surface area contributed by atoms with Gasteiger partial charge < -0.3 is 9.32 Å². The molecule has 2 heterocycles. The average molecular weight is 329 g/mol. The van der Waals surface area contributed by atoms with Gasteiger partial charge in [0.15, 0.2) is 0 Å². The lowest BCUT2D eigenvalue weighted by Crippen LogP contribution is -2.42. The third-order valence-corrected chi connectivity index (χ3v) is 4.61. The standard InChI is InChI=1S/C20H24FNO2/c1-14-11-15(2)13-22(12-14)20(23)10-8-16-7-9-19(24-16)17-5-3-4-6-18(17)21/h3-7,9,14-15H,8,10-13H2,1-2H3. The van der Waals surface area contributed by atoms with Gasteiger partial charge in [-0.05, 0) is 42.5 Å². The number of furan rings is 1. The van der Waals surface area contributed by atoms with Crippen molar-refractivity contribution in [1.29, 1.82) is 0 Å². The summed E-state index contributed by atoms with van der Waals surface area (Å²) in [5.41, 5.74) is 0.453. The molecule has 3 rings (SSSR count). The summed E-state index contributed by atoms with van der Waals surface area (Å²) in [4.78, 5) is 14.4. The summed E-state index contributed by atoms with van der Waals surface area (Å²) in [5.74, 6) is 2.24. The number of hydrogen-bond donors (Lipinski definition) is 0. The van der Waals surface area contributed by atoms with Gasteiger partial charge in [-0.3, -0.25) is 4.79 Å². The van der Waals surface area contributed by atoms with Crippen molar-refractivity contribution in [1.82, 2.24) is 4.90 Å². The average Bonchev–Trinajstić information content (AvgIpc) is 3.01. The maximum absolute atomic E-state index is 13.8. The van der Waals surface area contributed by atoms with Gasteiger partial charge in [-0.2, -0.15) is 0 Å². The first-order valence-electron chi connectivity index (χ1n) is 8.64. The van der Waals surface area contributed by atoms with Gasteiger partial charge in [-0.25, -0.2) is 4.39 Å². The second kappa shape index (κ2) is 7.20. The molecule has 1 fully saturated rings. The first-order chi connectivity index (χ1) is 11.5. The van der Waals surface area contributed by atoms with Gasteiger partial charge in [0.25, 0.3) is 0 Å². The highest BCUT2D eigenvalue weighted by atomic mass is 19.1. The Kier molecular flexibility index (Phi) is 5.03. The molecule has 1 aromatic carbocycles. The van der Waals surface area contributed by atoms with Crippen LogP contribution in [0.25, 0.3) is 11.3 Å². The predicted octanol–water partition coefficient (Wildman–Crippen LogP) is 4.52. The number of nitrogens with zero attached hydrogens (tertiary/aromatic N) is 1. The number of rotatable bonds is 4. The summed E-state index contributed by atoms with van der Waals surface area (Å²) in [6.07, 6.45) is 2.17. The molecule has 1 aromatic heterocycles. The molecule has 24 heavy (non-hydrogen) atoms. The first-order valence-corrected chi connectivity index (χ1v) is 8.64. The van der Waals surface area contributed by atoms with E-state index >= 15 is 0 Å². The Morgan fingerprint density at radius 1 is 1.17 bits per heavy atom. The highest BCUT2D eigenvalue weighted by molar-refractivity contribution is 5.76. The Labute approximate surface area is 142 Å². The normalized spacial score (nSPS) is 21.0. The molecule has 2 unspecified atom stereocenters. The van der Waals surface area contributed by atoms with E-state index in [0.29, 0.717) is 36.0 Å². The molecule has 1 amide bonds. The number of halogens is 1. The first kappa shape index (κ1) is 16.7. The summed E-state index contributed by atoms with van der Waals surface area (Å²) in [6, 6.07) is 10.1. The van der Waals surface area contributed by atoms with E-state index in [1.165, 1.54) is 12.5 Å². The summed E-state index contributed by atoms with van der Waals surface area (Å²) in [6.45, 7) is 6.09. The van der Waals surface area contributed by atoms with E-state index in [9.17, 15) is 9.18 Å². The SMILES string of the molecule is CC1CC(C)CN(C(=O)CCc2ccc(-c3ccccc3F)o2)C1. The van der Waals surface area contributed by atoms with Crippen LogP contribution in [0.3, 0.4) is 0 Å². The fourth-order valence-corrected chi connectivity index (χ4v) is 3.57. The number of carbonyl (C=O) groups excluding carboxylic acids is 1. The van der Waals surface area contributed by atoms with Crippen molar-refractivity contribution < 1.29 is 13.6 Å². The highest BCUT2D eigenvalue weighted by Gasteiger charge is 2.25. The lowest BCUT2D eigenvalue weighted by molar-refractivity contribution is -0.133. The van der Waals surface area contributed by atoms with Crippen LogP contribution in [-0.2, 0) is 11.2 Å². The number of hydrogen-bond acceptors (Lipinski definition) is 2. The van der Waals surface area contributed by atoms with Crippen molar-refractivity contribution in [3.05, 3.63) is 48.0 Å². The Morgan fingerprint density at radius 3 is 2.58 bits per heavy atom. The van der Waals surface area contributed by atoms with E-state index in [-0.39, 0.29) is 11.7 Å². The van der Waals surface area contributed by atoms with Crippen molar-refractivity contribution in [2.75, 3.05) is 13.1 Å². The van der Waals surface area contributed by atoms with Crippen LogP contribution in [-0.4, -0.2) is 23.9 Å². The molecule has 1 aliphatic rings. The number of benzene rings is 1. The van der Waals surface area contributed by atoms with Crippen molar-refractivity contribution in [2.24, 2.45) is 11.8 Å². The molecule has 2 aromatic rings. The largest absolute Gasteiger partial charge is 0.461 e. The Balaban J connectivity index is 1.59. The summed E-state index contributed by atoms with van der Waals surface area (Å²) >= 11 is 0. The summed E-state index contributed by atoms with van der Waals surface area (Å²) in [5, 5.41) is 0. The molecule has 0 bridgehead atoms. The van der Waals surface area contributed by atoms with Gasteiger partial charge >= 0.3 is 0 Å². The van der Waals surface area contributed by atoms with Gasteiger partial charge in [0, 0.05) is 25.9 Å². The molecule has 0 radical (unpaired) electrons. The van der Waals surface area contributed by atoms with Crippen LogP contribution < -0.4 is 0 Å². The molecule has 0 spiro atoms. The lowest BCUT2D eigenvalue weighted by Gasteiger charge is -2.35. The summed E-state index contributed by atoms with van der Waals surface area (Å²) < 4.78 is 19.5. The van der Waals surface area contributed by atoms with Crippen LogP contribution in [0.2, 0.25) is 0 Å². The van der Waals surface area contributed by atoms with E-state index in [1.807, 2.05) is 11.0 Å².